The van der Waals surface area contributed by atoms with Crippen molar-refractivity contribution in [3.8, 4) is 0 Å². The number of amides is 1. The first-order valence-electron chi connectivity index (χ1n) is 7.24. The zero-order valence-electron chi connectivity index (χ0n) is 11.8. The van der Waals surface area contributed by atoms with Crippen LogP contribution < -0.4 is 5.73 Å². The van der Waals surface area contributed by atoms with Gasteiger partial charge in [0.1, 0.15) is 0 Å². The molecule has 0 spiro atoms. The topological polar surface area (TPSA) is 46.3 Å². The zero-order valence-corrected chi connectivity index (χ0v) is 12.6. The maximum atomic E-state index is 12.9. The molecule has 2 aromatic rings. The highest BCUT2D eigenvalue weighted by molar-refractivity contribution is 7.80. The molecule has 3 rings (SSSR count). The largest absolute Gasteiger partial charge is 0.393 e. The van der Waals surface area contributed by atoms with Crippen molar-refractivity contribution < 1.29 is 4.79 Å². The first-order valence-corrected chi connectivity index (χ1v) is 7.64. The summed E-state index contributed by atoms with van der Waals surface area (Å²) in [6.07, 6.45) is 2.74. The summed E-state index contributed by atoms with van der Waals surface area (Å²) in [7, 11) is 0. The number of rotatable bonds is 5. The average Bonchev–Trinajstić information content (AvgIpc) is 3.31. The highest BCUT2D eigenvalue weighted by atomic mass is 32.1. The van der Waals surface area contributed by atoms with Gasteiger partial charge in [-0.1, -0.05) is 48.6 Å². The van der Waals surface area contributed by atoms with Crippen molar-refractivity contribution in [1.82, 2.24) is 4.90 Å². The van der Waals surface area contributed by atoms with Crippen molar-refractivity contribution in [2.24, 2.45) is 5.73 Å². The number of nitrogens with zero attached hydrogens (tertiary/aromatic N) is 1. The Hall–Kier alpha value is -1.94. The maximum Gasteiger partial charge on any atom is 0.254 e. The molecule has 0 radical (unpaired) electrons. The Bertz CT molecular complexity index is 689. The first kappa shape index (κ1) is 14.0. The van der Waals surface area contributed by atoms with Crippen molar-refractivity contribution in [1.29, 1.82) is 0 Å². The van der Waals surface area contributed by atoms with Gasteiger partial charge in [-0.3, -0.25) is 4.79 Å². The quantitative estimate of drug-likeness (QED) is 0.863. The monoisotopic (exact) mass is 298 g/mol. The van der Waals surface area contributed by atoms with Crippen LogP contribution in [0.5, 0.6) is 0 Å². The molecule has 2 N–H and O–H groups in total. The van der Waals surface area contributed by atoms with Gasteiger partial charge in [0.2, 0.25) is 0 Å². The van der Waals surface area contributed by atoms with E-state index in [4.69, 9.17) is 18.0 Å². The van der Waals surface area contributed by atoms with E-state index in [0.29, 0.717) is 24.0 Å². The Morgan fingerprint density at radius 2 is 1.90 bits per heavy atom. The van der Waals surface area contributed by atoms with Gasteiger partial charge in [0, 0.05) is 24.6 Å². The molecule has 1 fully saturated rings. The molecule has 21 heavy (non-hydrogen) atoms. The zero-order chi connectivity index (χ0) is 14.8. The minimum Gasteiger partial charge on any atom is -0.393 e. The van der Waals surface area contributed by atoms with Crippen LogP contribution >= 0.6 is 12.2 Å². The van der Waals surface area contributed by atoms with E-state index >= 15 is 0 Å². The molecule has 2 aromatic carbocycles. The number of benzene rings is 2. The number of hydrogen-bond acceptors (Lipinski definition) is 2. The van der Waals surface area contributed by atoms with Gasteiger partial charge in [-0.05, 0) is 29.7 Å². The second-order valence-corrected chi connectivity index (χ2v) is 6.00. The standard InChI is InChI=1S/C17H18N2OS/c18-16(21)10-11-19(13-8-9-13)17(20)15-7-3-5-12-4-1-2-6-14(12)15/h1-7,13H,8-11H2,(H2,18,21). The second-order valence-electron chi connectivity index (χ2n) is 5.47. The normalized spacial score (nSPS) is 14.1. The van der Waals surface area contributed by atoms with Gasteiger partial charge >= 0.3 is 0 Å². The molecule has 0 bridgehead atoms. The molecule has 3 nitrogen and oxygen atoms in total. The average molecular weight is 298 g/mol. The van der Waals surface area contributed by atoms with E-state index in [-0.39, 0.29) is 5.91 Å². The summed E-state index contributed by atoms with van der Waals surface area (Å²) in [5, 5.41) is 2.10. The SMILES string of the molecule is NC(=S)CCN(C(=O)c1cccc2ccccc12)C1CC1. The van der Waals surface area contributed by atoms with Crippen LogP contribution in [-0.2, 0) is 0 Å². The Morgan fingerprint density at radius 3 is 2.62 bits per heavy atom. The lowest BCUT2D eigenvalue weighted by atomic mass is 10.0. The molecule has 0 aromatic heterocycles. The molecule has 4 heteroatoms. The second kappa shape index (κ2) is 5.82. The van der Waals surface area contributed by atoms with Crippen molar-refractivity contribution in [3.63, 3.8) is 0 Å². The Kier molecular flexibility index (Phi) is 3.88. The van der Waals surface area contributed by atoms with E-state index in [1.54, 1.807) is 0 Å². The molecule has 1 aliphatic carbocycles. The van der Waals surface area contributed by atoms with Gasteiger partial charge in [0.25, 0.3) is 5.91 Å². The fourth-order valence-corrected chi connectivity index (χ4v) is 2.72. The third kappa shape index (κ3) is 3.05. The fraction of sp³-hybridized carbons (Fsp3) is 0.294. The van der Waals surface area contributed by atoms with E-state index in [1.807, 2.05) is 47.4 Å². The third-order valence-corrected chi connectivity index (χ3v) is 4.07. The van der Waals surface area contributed by atoms with Gasteiger partial charge in [0.05, 0.1) is 4.99 Å². The number of thiocarbonyl (C=S) groups is 1. The predicted octanol–water partition coefficient (Wildman–Crippen LogP) is 3.12. The molecule has 1 aliphatic rings. The molecule has 108 valence electrons. The fourth-order valence-electron chi connectivity index (χ4n) is 2.63. The van der Waals surface area contributed by atoms with Crippen molar-refractivity contribution in [2.75, 3.05) is 6.54 Å². The lowest BCUT2D eigenvalue weighted by Crippen LogP contribution is -2.35. The van der Waals surface area contributed by atoms with Crippen LogP contribution in [0.1, 0.15) is 29.6 Å². The third-order valence-electron chi connectivity index (χ3n) is 3.87. The van der Waals surface area contributed by atoms with E-state index in [9.17, 15) is 4.79 Å². The lowest BCUT2D eigenvalue weighted by Gasteiger charge is -2.23. The molecular weight excluding hydrogens is 280 g/mol. The van der Waals surface area contributed by atoms with Gasteiger partial charge in [-0.25, -0.2) is 0 Å². The molecule has 0 heterocycles. The number of fused-ring (bicyclic) bond motifs is 1. The highest BCUT2D eigenvalue weighted by Gasteiger charge is 2.33. The minimum atomic E-state index is 0.0885. The number of carbonyl (C=O) groups is 1. The Morgan fingerprint density at radius 1 is 1.19 bits per heavy atom. The van der Waals surface area contributed by atoms with Gasteiger partial charge < -0.3 is 10.6 Å². The van der Waals surface area contributed by atoms with E-state index < -0.39 is 0 Å². The van der Waals surface area contributed by atoms with Crippen LogP contribution in [0, 0.1) is 0 Å². The number of hydrogen-bond donors (Lipinski definition) is 1. The van der Waals surface area contributed by atoms with Crippen LogP contribution in [-0.4, -0.2) is 28.4 Å². The summed E-state index contributed by atoms with van der Waals surface area (Å²) in [6.45, 7) is 0.613. The summed E-state index contributed by atoms with van der Waals surface area (Å²) in [5.74, 6) is 0.0885. The summed E-state index contributed by atoms with van der Waals surface area (Å²) in [6, 6.07) is 14.2. The van der Waals surface area contributed by atoms with Crippen LogP contribution in [0.25, 0.3) is 10.8 Å². The number of carbonyl (C=O) groups excluding carboxylic acids is 1. The summed E-state index contributed by atoms with van der Waals surface area (Å²) < 4.78 is 0. The van der Waals surface area contributed by atoms with E-state index in [0.717, 1.165) is 29.2 Å². The van der Waals surface area contributed by atoms with Gasteiger partial charge in [-0.15, -0.1) is 0 Å². The number of nitrogens with two attached hydrogens (primary N) is 1. The minimum absolute atomic E-state index is 0.0885. The maximum absolute atomic E-state index is 12.9. The van der Waals surface area contributed by atoms with Gasteiger partial charge in [0.15, 0.2) is 0 Å². The van der Waals surface area contributed by atoms with Crippen LogP contribution in [0.3, 0.4) is 0 Å². The van der Waals surface area contributed by atoms with Crippen LogP contribution in [0.15, 0.2) is 42.5 Å². The summed E-state index contributed by atoms with van der Waals surface area (Å²) in [5.41, 5.74) is 6.35. The smallest absolute Gasteiger partial charge is 0.254 e. The molecule has 1 saturated carbocycles. The van der Waals surface area contributed by atoms with E-state index in [2.05, 4.69) is 0 Å². The van der Waals surface area contributed by atoms with E-state index in [1.165, 1.54) is 0 Å². The van der Waals surface area contributed by atoms with Crippen molar-refractivity contribution >= 4 is 33.9 Å². The van der Waals surface area contributed by atoms with Crippen molar-refractivity contribution in [2.45, 2.75) is 25.3 Å². The molecule has 0 unspecified atom stereocenters. The predicted molar refractivity (Wildman–Crippen MR) is 89.4 cm³/mol. The van der Waals surface area contributed by atoms with Crippen molar-refractivity contribution in [3.05, 3.63) is 48.0 Å². The Balaban J connectivity index is 1.92. The highest BCUT2D eigenvalue weighted by Crippen LogP contribution is 2.30. The van der Waals surface area contributed by atoms with Crippen LogP contribution in [0.4, 0.5) is 0 Å². The first-order chi connectivity index (χ1) is 10.2. The Labute approximate surface area is 129 Å². The molecule has 1 amide bonds. The van der Waals surface area contributed by atoms with Gasteiger partial charge in [-0.2, -0.15) is 0 Å². The molecule has 0 atom stereocenters. The molecule has 0 saturated heterocycles. The molecular formula is C17H18N2OS. The summed E-state index contributed by atoms with van der Waals surface area (Å²) >= 11 is 4.94. The molecule has 0 aliphatic heterocycles. The summed E-state index contributed by atoms with van der Waals surface area (Å²) in [4.78, 5) is 15.3. The lowest BCUT2D eigenvalue weighted by molar-refractivity contribution is 0.0750. The van der Waals surface area contributed by atoms with Crippen LogP contribution in [0.2, 0.25) is 0 Å².